The lowest BCUT2D eigenvalue weighted by atomic mass is 10.1. The highest BCUT2D eigenvalue weighted by Gasteiger charge is 2.08. The maximum atomic E-state index is 12.3. The molecule has 0 aliphatic heterocycles. The third kappa shape index (κ3) is 5.15. The second kappa shape index (κ2) is 8.46. The van der Waals surface area contributed by atoms with Crippen molar-refractivity contribution in [2.45, 2.75) is 6.54 Å². The van der Waals surface area contributed by atoms with Crippen molar-refractivity contribution in [3.63, 3.8) is 0 Å². The molecule has 2 aromatic carbocycles. The number of hydrogen-bond donors (Lipinski definition) is 2. The zero-order chi connectivity index (χ0) is 19.2. The number of carbonyl (C=O) groups excluding carboxylic acids is 2. The number of benzene rings is 2. The van der Waals surface area contributed by atoms with Crippen LogP contribution in [0.1, 0.15) is 26.3 Å². The van der Waals surface area contributed by atoms with Gasteiger partial charge in [0.2, 0.25) is 11.8 Å². The van der Waals surface area contributed by atoms with Crippen LogP contribution in [0.15, 0.2) is 71.3 Å². The molecule has 3 aromatic rings. The van der Waals surface area contributed by atoms with Crippen LogP contribution in [0.3, 0.4) is 0 Å². The molecule has 0 fully saturated rings. The lowest BCUT2D eigenvalue weighted by Gasteiger charge is -2.08. The fourth-order valence-electron chi connectivity index (χ4n) is 2.32. The predicted octanol–water partition coefficient (Wildman–Crippen LogP) is 3.67. The Morgan fingerprint density at radius 1 is 1.04 bits per heavy atom. The Kier molecular flexibility index (Phi) is 5.83. The number of carbonyl (C=O) groups is 2. The van der Waals surface area contributed by atoms with Gasteiger partial charge in [0, 0.05) is 28.8 Å². The van der Waals surface area contributed by atoms with E-state index < -0.39 is 5.91 Å². The first-order valence-electron chi connectivity index (χ1n) is 8.08. The van der Waals surface area contributed by atoms with Gasteiger partial charge in [-0.3, -0.25) is 9.59 Å². The molecule has 6 nitrogen and oxygen atoms in total. The van der Waals surface area contributed by atoms with Crippen molar-refractivity contribution in [2.24, 2.45) is 5.73 Å². The second-order valence-electron chi connectivity index (χ2n) is 5.69. The summed E-state index contributed by atoms with van der Waals surface area (Å²) in [4.78, 5) is 27.6. The van der Waals surface area contributed by atoms with E-state index in [4.69, 9.17) is 10.5 Å². The van der Waals surface area contributed by atoms with Gasteiger partial charge in [0.25, 0.3) is 5.91 Å². The first-order chi connectivity index (χ1) is 13.0. The van der Waals surface area contributed by atoms with Gasteiger partial charge < -0.3 is 15.8 Å². The molecule has 0 unspecified atom stereocenters. The van der Waals surface area contributed by atoms with Crippen molar-refractivity contribution in [3.8, 4) is 11.6 Å². The average molecular weight is 426 g/mol. The van der Waals surface area contributed by atoms with Crippen LogP contribution in [-0.4, -0.2) is 16.8 Å². The first-order valence-corrected chi connectivity index (χ1v) is 8.87. The molecule has 136 valence electrons. The van der Waals surface area contributed by atoms with E-state index in [1.165, 1.54) is 6.20 Å². The molecule has 1 heterocycles. The normalized spacial score (nSPS) is 10.3. The number of halogens is 1. The molecule has 0 spiro atoms. The van der Waals surface area contributed by atoms with Crippen LogP contribution in [0, 0.1) is 0 Å². The van der Waals surface area contributed by atoms with Gasteiger partial charge in [0.15, 0.2) is 0 Å². The van der Waals surface area contributed by atoms with E-state index in [1.807, 2.05) is 24.3 Å². The van der Waals surface area contributed by atoms with Crippen molar-refractivity contribution in [2.75, 3.05) is 0 Å². The van der Waals surface area contributed by atoms with Crippen LogP contribution in [0.4, 0.5) is 0 Å². The van der Waals surface area contributed by atoms with Gasteiger partial charge in [-0.15, -0.1) is 0 Å². The number of nitrogens with two attached hydrogens (primary N) is 1. The Morgan fingerprint density at radius 3 is 2.48 bits per heavy atom. The minimum absolute atomic E-state index is 0.275. The molecule has 1 aromatic heterocycles. The summed E-state index contributed by atoms with van der Waals surface area (Å²) in [5.41, 5.74) is 6.85. The molecule has 27 heavy (non-hydrogen) atoms. The summed E-state index contributed by atoms with van der Waals surface area (Å²) >= 11 is 3.36. The van der Waals surface area contributed by atoms with Crippen molar-refractivity contribution >= 4 is 27.7 Å². The molecule has 2 amide bonds. The highest BCUT2D eigenvalue weighted by Crippen LogP contribution is 2.21. The highest BCUT2D eigenvalue weighted by atomic mass is 79.9. The lowest BCUT2D eigenvalue weighted by Crippen LogP contribution is -2.23. The van der Waals surface area contributed by atoms with E-state index in [1.54, 1.807) is 36.4 Å². The number of ether oxygens (including phenoxy) is 1. The molecule has 3 N–H and O–H groups in total. The first kappa shape index (κ1) is 18.6. The minimum Gasteiger partial charge on any atom is -0.439 e. The SMILES string of the molecule is NC(=O)c1cccc(CNC(=O)c2ccc(Oc3ccc(Br)cc3)nc2)c1. The maximum absolute atomic E-state index is 12.3. The minimum atomic E-state index is -0.506. The summed E-state index contributed by atoms with van der Waals surface area (Å²) < 4.78 is 6.58. The number of aromatic nitrogens is 1. The van der Waals surface area contributed by atoms with E-state index in [2.05, 4.69) is 26.2 Å². The Balaban J connectivity index is 1.59. The molecule has 7 heteroatoms. The van der Waals surface area contributed by atoms with Crippen LogP contribution >= 0.6 is 15.9 Å². The topological polar surface area (TPSA) is 94.3 Å². The fraction of sp³-hybridized carbons (Fsp3) is 0.0500. The van der Waals surface area contributed by atoms with E-state index in [9.17, 15) is 9.59 Å². The largest absolute Gasteiger partial charge is 0.439 e. The standard InChI is InChI=1S/C20H16BrN3O3/c21-16-5-7-17(8-6-16)27-18-9-4-15(12-23-18)20(26)24-11-13-2-1-3-14(10-13)19(22)25/h1-10,12H,11H2,(H2,22,25)(H,24,26). The van der Waals surface area contributed by atoms with Crippen molar-refractivity contribution < 1.29 is 14.3 Å². The smallest absolute Gasteiger partial charge is 0.253 e. The number of primary amides is 1. The lowest BCUT2D eigenvalue weighted by molar-refractivity contribution is 0.0950. The highest BCUT2D eigenvalue weighted by molar-refractivity contribution is 9.10. The summed E-state index contributed by atoms with van der Waals surface area (Å²) in [6.45, 7) is 0.275. The molecule has 0 saturated carbocycles. The number of rotatable bonds is 6. The Bertz CT molecular complexity index is 957. The van der Waals surface area contributed by atoms with Crippen LogP contribution < -0.4 is 15.8 Å². The molecular weight excluding hydrogens is 410 g/mol. The molecule has 0 atom stereocenters. The van der Waals surface area contributed by atoms with E-state index in [0.717, 1.165) is 10.0 Å². The summed E-state index contributed by atoms with van der Waals surface area (Å²) in [6.07, 6.45) is 1.45. The van der Waals surface area contributed by atoms with Gasteiger partial charge in [-0.05, 0) is 48.0 Å². The molecular formula is C20H16BrN3O3. The molecule has 0 aliphatic rings. The fourth-order valence-corrected chi connectivity index (χ4v) is 2.58. The quantitative estimate of drug-likeness (QED) is 0.629. The van der Waals surface area contributed by atoms with Gasteiger partial charge in [0.1, 0.15) is 5.75 Å². The summed E-state index contributed by atoms with van der Waals surface area (Å²) in [7, 11) is 0. The van der Waals surface area contributed by atoms with Gasteiger partial charge in [-0.25, -0.2) is 4.98 Å². The van der Waals surface area contributed by atoms with Crippen molar-refractivity contribution in [1.29, 1.82) is 0 Å². The molecule has 0 aliphatic carbocycles. The Labute approximate surface area is 164 Å². The average Bonchev–Trinajstić information content (AvgIpc) is 2.68. The number of nitrogens with zero attached hydrogens (tertiary/aromatic N) is 1. The monoisotopic (exact) mass is 425 g/mol. The van der Waals surface area contributed by atoms with Crippen LogP contribution in [0.25, 0.3) is 0 Å². The zero-order valence-corrected chi connectivity index (χ0v) is 15.8. The number of nitrogens with one attached hydrogen (secondary N) is 1. The van der Waals surface area contributed by atoms with Crippen LogP contribution in [0.5, 0.6) is 11.6 Å². The maximum Gasteiger partial charge on any atom is 0.253 e. The van der Waals surface area contributed by atoms with E-state index in [0.29, 0.717) is 22.8 Å². The number of amides is 2. The molecule has 0 bridgehead atoms. The number of hydrogen-bond acceptors (Lipinski definition) is 4. The van der Waals surface area contributed by atoms with Crippen molar-refractivity contribution in [3.05, 3.63) is 88.0 Å². The van der Waals surface area contributed by atoms with E-state index in [-0.39, 0.29) is 12.5 Å². The third-order valence-corrected chi connectivity index (χ3v) is 4.23. The van der Waals surface area contributed by atoms with Crippen LogP contribution in [0.2, 0.25) is 0 Å². The van der Waals surface area contributed by atoms with Crippen molar-refractivity contribution in [1.82, 2.24) is 10.3 Å². The van der Waals surface area contributed by atoms with Gasteiger partial charge >= 0.3 is 0 Å². The van der Waals surface area contributed by atoms with Gasteiger partial charge in [-0.1, -0.05) is 28.1 Å². The second-order valence-corrected chi connectivity index (χ2v) is 6.60. The zero-order valence-electron chi connectivity index (χ0n) is 14.2. The summed E-state index contributed by atoms with van der Waals surface area (Å²) in [6, 6.07) is 17.4. The predicted molar refractivity (Wildman–Crippen MR) is 105 cm³/mol. The number of pyridine rings is 1. The van der Waals surface area contributed by atoms with Crippen LogP contribution in [-0.2, 0) is 6.54 Å². The van der Waals surface area contributed by atoms with E-state index >= 15 is 0 Å². The third-order valence-electron chi connectivity index (χ3n) is 3.70. The molecule has 3 rings (SSSR count). The Morgan fingerprint density at radius 2 is 1.81 bits per heavy atom. The van der Waals surface area contributed by atoms with Gasteiger partial charge in [0.05, 0.1) is 5.56 Å². The summed E-state index contributed by atoms with van der Waals surface area (Å²) in [5, 5.41) is 2.78. The summed E-state index contributed by atoms with van der Waals surface area (Å²) in [5.74, 6) is 0.260. The molecule has 0 saturated heterocycles. The molecule has 0 radical (unpaired) electrons. The van der Waals surface area contributed by atoms with Gasteiger partial charge in [-0.2, -0.15) is 0 Å². The Hall–Kier alpha value is -3.19.